The molecule has 106 valence electrons. The maximum atomic E-state index is 5.60. The maximum Gasteiger partial charge on any atom is 0.228 e. The molecule has 1 atom stereocenters. The normalized spacial score (nSPS) is 18.4. The Bertz CT molecular complexity index is 562. The van der Waals surface area contributed by atoms with Crippen molar-refractivity contribution in [2.45, 2.75) is 32.2 Å². The highest BCUT2D eigenvalue weighted by Gasteiger charge is 2.19. The third-order valence-electron chi connectivity index (χ3n) is 3.48. The van der Waals surface area contributed by atoms with Crippen molar-refractivity contribution in [3.05, 3.63) is 30.2 Å². The zero-order valence-electron chi connectivity index (χ0n) is 11.6. The summed E-state index contributed by atoms with van der Waals surface area (Å²) in [5.41, 5.74) is 0.878. The Labute approximate surface area is 118 Å². The van der Waals surface area contributed by atoms with E-state index in [1.807, 2.05) is 31.2 Å². The van der Waals surface area contributed by atoms with Gasteiger partial charge in [-0.2, -0.15) is 4.98 Å². The second-order valence-corrected chi connectivity index (χ2v) is 4.94. The number of benzene rings is 1. The van der Waals surface area contributed by atoms with E-state index in [2.05, 4.69) is 15.5 Å². The van der Waals surface area contributed by atoms with Gasteiger partial charge in [0, 0.05) is 12.5 Å². The second-order valence-electron chi connectivity index (χ2n) is 4.94. The van der Waals surface area contributed by atoms with Crippen molar-refractivity contribution in [3.8, 4) is 17.1 Å². The van der Waals surface area contributed by atoms with Crippen molar-refractivity contribution in [2.75, 3.05) is 13.2 Å². The summed E-state index contributed by atoms with van der Waals surface area (Å²) in [4.78, 5) is 4.49. The summed E-state index contributed by atoms with van der Waals surface area (Å²) in [6.45, 7) is 3.66. The fourth-order valence-electron chi connectivity index (χ4n) is 2.52. The summed E-state index contributed by atoms with van der Waals surface area (Å²) in [7, 11) is 0. The van der Waals surface area contributed by atoms with Gasteiger partial charge in [-0.05, 0) is 38.4 Å². The van der Waals surface area contributed by atoms with Gasteiger partial charge >= 0.3 is 0 Å². The molecule has 0 amide bonds. The monoisotopic (exact) mass is 273 g/mol. The zero-order chi connectivity index (χ0) is 13.8. The summed E-state index contributed by atoms with van der Waals surface area (Å²) >= 11 is 0. The minimum Gasteiger partial charge on any atom is -0.493 e. The predicted octanol–water partition coefficient (Wildman–Crippen LogP) is 2.43. The van der Waals surface area contributed by atoms with Crippen LogP contribution in [0.3, 0.4) is 0 Å². The van der Waals surface area contributed by atoms with Gasteiger partial charge in [0.2, 0.25) is 11.7 Å². The molecule has 1 N–H and O–H groups in total. The molecule has 1 aromatic heterocycles. The molecule has 0 bridgehead atoms. The quantitative estimate of drug-likeness (QED) is 0.906. The second kappa shape index (κ2) is 6.05. The summed E-state index contributed by atoms with van der Waals surface area (Å²) < 4.78 is 11.0. The standard InChI is InChI=1S/C15H19N3O2/c1-2-19-13-8-4-3-7-12(13)15-17-14(20-18-15)10-11-6-5-9-16-11/h3-4,7-8,11,16H,2,5-6,9-10H2,1H3. The molecular formula is C15H19N3O2. The molecule has 1 saturated heterocycles. The third kappa shape index (κ3) is 2.82. The van der Waals surface area contributed by atoms with E-state index in [1.165, 1.54) is 12.8 Å². The van der Waals surface area contributed by atoms with E-state index >= 15 is 0 Å². The summed E-state index contributed by atoms with van der Waals surface area (Å²) in [5.74, 6) is 2.08. The lowest BCUT2D eigenvalue weighted by atomic mass is 10.1. The van der Waals surface area contributed by atoms with Gasteiger partial charge in [0.05, 0.1) is 12.2 Å². The predicted molar refractivity (Wildman–Crippen MR) is 75.6 cm³/mol. The zero-order valence-corrected chi connectivity index (χ0v) is 11.6. The molecule has 0 spiro atoms. The van der Waals surface area contributed by atoms with Crippen LogP contribution in [0.1, 0.15) is 25.7 Å². The molecular weight excluding hydrogens is 254 g/mol. The first-order valence-corrected chi connectivity index (χ1v) is 7.15. The highest BCUT2D eigenvalue weighted by Crippen LogP contribution is 2.27. The molecule has 1 unspecified atom stereocenters. The van der Waals surface area contributed by atoms with Crippen molar-refractivity contribution >= 4 is 0 Å². The van der Waals surface area contributed by atoms with Crippen LogP contribution < -0.4 is 10.1 Å². The van der Waals surface area contributed by atoms with Gasteiger partial charge in [-0.1, -0.05) is 17.3 Å². The number of aromatic nitrogens is 2. The van der Waals surface area contributed by atoms with E-state index in [9.17, 15) is 0 Å². The Hall–Kier alpha value is -1.88. The summed E-state index contributed by atoms with van der Waals surface area (Å²) in [6.07, 6.45) is 3.19. The first-order valence-electron chi connectivity index (χ1n) is 7.15. The molecule has 1 fully saturated rings. The number of hydrogen-bond donors (Lipinski definition) is 1. The van der Waals surface area contributed by atoms with E-state index in [0.29, 0.717) is 24.4 Å². The lowest BCUT2D eigenvalue weighted by molar-refractivity contribution is 0.340. The van der Waals surface area contributed by atoms with Crippen LogP contribution in [0.15, 0.2) is 28.8 Å². The van der Waals surface area contributed by atoms with Crippen LogP contribution >= 0.6 is 0 Å². The molecule has 0 aliphatic carbocycles. The molecule has 1 aliphatic heterocycles. The molecule has 20 heavy (non-hydrogen) atoms. The highest BCUT2D eigenvalue weighted by molar-refractivity contribution is 5.63. The van der Waals surface area contributed by atoms with Crippen LogP contribution in [-0.4, -0.2) is 29.3 Å². The highest BCUT2D eigenvalue weighted by atomic mass is 16.5. The third-order valence-corrected chi connectivity index (χ3v) is 3.48. The van der Waals surface area contributed by atoms with E-state index in [-0.39, 0.29) is 0 Å². The molecule has 2 heterocycles. The SMILES string of the molecule is CCOc1ccccc1-c1noc(CC2CCCN2)n1. The molecule has 5 heteroatoms. The first-order chi connectivity index (χ1) is 9.86. The summed E-state index contributed by atoms with van der Waals surface area (Å²) in [5, 5.41) is 7.51. The van der Waals surface area contributed by atoms with Gasteiger partial charge in [-0.25, -0.2) is 0 Å². The molecule has 1 aliphatic rings. The van der Waals surface area contributed by atoms with E-state index in [4.69, 9.17) is 9.26 Å². The lowest BCUT2D eigenvalue weighted by Crippen LogP contribution is -2.23. The van der Waals surface area contributed by atoms with Gasteiger partial charge in [0.15, 0.2) is 0 Å². The Morgan fingerprint density at radius 3 is 3.10 bits per heavy atom. The number of ether oxygens (including phenoxy) is 1. The van der Waals surface area contributed by atoms with Gasteiger partial charge in [-0.15, -0.1) is 0 Å². The van der Waals surface area contributed by atoms with E-state index < -0.39 is 0 Å². The molecule has 0 radical (unpaired) electrons. The average Bonchev–Trinajstić information content (AvgIpc) is 3.12. The Balaban J connectivity index is 1.78. The summed E-state index contributed by atoms with van der Waals surface area (Å²) in [6, 6.07) is 8.23. The molecule has 2 aromatic rings. The number of nitrogens with one attached hydrogen (secondary N) is 1. The average molecular weight is 273 g/mol. The Kier molecular flexibility index (Phi) is 3.97. The van der Waals surface area contributed by atoms with Gasteiger partial charge in [-0.3, -0.25) is 0 Å². The van der Waals surface area contributed by atoms with E-state index in [0.717, 1.165) is 24.3 Å². The number of nitrogens with zero attached hydrogens (tertiary/aromatic N) is 2. The fraction of sp³-hybridized carbons (Fsp3) is 0.467. The lowest BCUT2D eigenvalue weighted by Gasteiger charge is -2.06. The molecule has 3 rings (SSSR count). The van der Waals surface area contributed by atoms with Crippen molar-refractivity contribution in [1.82, 2.24) is 15.5 Å². The van der Waals surface area contributed by atoms with Crippen LogP contribution in [0.2, 0.25) is 0 Å². The van der Waals surface area contributed by atoms with Crippen LogP contribution in [0.5, 0.6) is 5.75 Å². The number of rotatable bonds is 5. The Morgan fingerprint density at radius 1 is 1.40 bits per heavy atom. The fourth-order valence-corrected chi connectivity index (χ4v) is 2.52. The minimum atomic E-state index is 0.463. The Morgan fingerprint density at radius 2 is 2.30 bits per heavy atom. The van der Waals surface area contributed by atoms with Gasteiger partial charge in [0.25, 0.3) is 0 Å². The number of hydrogen-bond acceptors (Lipinski definition) is 5. The van der Waals surface area contributed by atoms with Crippen LogP contribution in [0.4, 0.5) is 0 Å². The molecule has 5 nitrogen and oxygen atoms in total. The van der Waals surface area contributed by atoms with Crippen LogP contribution in [0.25, 0.3) is 11.4 Å². The molecule has 0 saturated carbocycles. The van der Waals surface area contributed by atoms with Crippen molar-refractivity contribution < 1.29 is 9.26 Å². The van der Waals surface area contributed by atoms with E-state index in [1.54, 1.807) is 0 Å². The van der Waals surface area contributed by atoms with Crippen LogP contribution in [0, 0.1) is 0 Å². The van der Waals surface area contributed by atoms with Gasteiger partial charge < -0.3 is 14.6 Å². The number of para-hydroxylation sites is 1. The van der Waals surface area contributed by atoms with Crippen molar-refractivity contribution in [1.29, 1.82) is 0 Å². The minimum absolute atomic E-state index is 0.463. The molecule has 1 aromatic carbocycles. The van der Waals surface area contributed by atoms with Crippen LogP contribution in [-0.2, 0) is 6.42 Å². The van der Waals surface area contributed by atoms with Crippen molar-refractivity contribution in [2.24, 2.45) is 0 Å². The topological polar surface area (TPSA) is 60.2 Å². The largest absolute Gasteiger partial charge is 0.493 e. The van der Waals surface area contributed by atoms with Gasteiger partial charge in [0.1, 0.15) is 5.75 Å². The smallest absolute Gasteiger partial charge is 0.228 e. The maximum absolute atomic E-state index is 5.60. The van der Waals surface area contributed by atoms with Crippen molar-refractivity contribution in [3.63, 3.8) is 0 Å². The first kappa shape index (κ1) is 13.1.